The van der Waals surface area contributed by atoms with Crippen LogP contribution in [0, 0.1) is 0 Å². The van der Waals surface area contributed by atoms with Gasteiger partial charge in [0.25, 0.3) is 5.91 Å². The second-order valence-electron chi connectivity index (χ2n) is 5.92. The van der Waals surface area contributed by atoms with Gasteiger partial charge in [0.1, 0.15) is 5.75 Å². The van der Waals surface area contributed by atoms with E-state index in [1.165, 1.54) is 6.07 Å². The molecule has 0 radical (unpaired) electrons. The maximum atomic E-state index is 12.4. The number of hydrogen-bond acceptors (Lipinski definition) is 4. The number of carbonyl (C=O) groups excluding carboxylic acids is 1. The van der Waals surface area contributed by atoms with Crippen LogP contribution < -0.4 is 15.1 Å². The molecule has 3 rings (SSSR count). The first-order chi connectivity index (χ1) is 12.5. The normalized spacial score (nSPS) is 13.7. The first-order valence-corrected chi connectivity index (χ1v) is 8.25. The van der Waals surface area contributed by atoms with Gasteiger partial charge < -0.3 is 10.1 Å². The van der Waals surface area contributed by atoms with Crippen LogP contribution in [-0.4, -0.2) is 24.8 Å². The molecular weight excluding hydrogens is 340 g/mol. The van der Waals surface area contributed by atoms with Crippen molar-refractivity contribution in [3.8, 4) is 5.75 Å². The molecule has 1 aliphatic rings. The summed E-state index contributed by atoms with van der Waals surface area (Å²) in [4.78, 5) is 12.3. The van der Waals surface area contributed by atoms with Crippen molar-refractivity contribution < 1.29 is 18.3 Å². The Morgan fingerprint density at radius 2 is 1.96 bits per heavy atom. The first-order valence-electron chi connectivity index (χ1n) is 8.25. The van der Waals surface area contributed by atoms with Crippen LogP contribution in [-0.2, 0) is 6.54 Å². The van der Waals surface area contributed by atoms with Crippen molar-refractivity contribution in [2.75, 3.05) is 11.6 Å². The van der Waals surface area contributed by atoms with Gasteiger partial charge in [0.2, 0.25) is 0 Å². The maximum absolute atomic E-state index is 12.4. The van der Waals surface area contributed by atoms with E-state index in [0.29, 0.717) is 11.1 Å². The van der Waals surface area contributed by atoms with E-state index in [9.17, 15) is 13.6 Å². The molecule has 1 N–H and O–H groups in total. The van der Waals surface area contributed by atoms with Gasteiger partial charge in [-0.1, -0.05) is 18.2 Å². The van der Waals surface area contributed by atoms with E-state index in [2.05, 4.69) is 15.2 Å². The van der Waals surface area contributed by atoms with E-state index in [4.69, 9.17) is 0 Å². The van der Waals surface area contributed by atoms with Crippen LogP contribution in [0.3, 0.4) is 0 Å². The largest absolute Gasteiger partial charge is 0.434 e. The lowest BCUT2D eigenvalue weighted by molar-refractivity contribution is -0.0504. The van der Waals surface area contributed by atoms with E-state index in [1.807, 2.05) is 24.1 Å². The Labute approximate surface area is 150 Å². The molecule has 1 aliphatic heterocycles. The number of benzene rings is 2. The van der Waals surface area contributed by atoms with Gasteiger partial charge in [-0.05, 0) is 37.3 Å². The molecule has 0 atom stereocenters. The zero-order valence-corrected chi connectivity index (χ0v) is 14.3. The second-order valence-corrected chi connectivity index (χ2v) is 5.92. The molecule has 0 saturated heterocycles. The van der Waals surface area contributed by atoms with E-state index < -0.39 is 6.61 Å². The van der Waals surface area contributed by atoms with Gasteiger partial charge in [0.15, 0.2) is 0 Å². The predicted octanol–water partition coefficient (Wildman–Crippen LogP) is 3.80. The Morgan fingerprint density at radius 1 is 1.23 bits per heavy atom. The average molecular weight is 359 g/mol. The monoisotopic (exact) mass is 359 g/mol. The second kappa shape index (κ2) is 7.95. The Hall–Kier alpha value is -2.96. The number of nitrogens with one attached hydrogen (secondary N) is 1. The van der Waals surface area contributed by atoms with Crippen molar-refractivity contribution in [3.63, 3.8) is 0 Å². The van der Waals surface area contributed by atoms with Gasteiger partial charge >= 0.3 is 6.61 Å². The smallest absolute Gasteiger partial charge is 0.387 e. The van der Waals surface area contributed by atoms with E-state index in [0.717, 1.165) is 24.4 Å². The minimum atomic E-state index is -2.91. The minimum absolute atomic E-state index is 0.0559. The molecule has 0 aliphatic carbocycles. The van der Waals surface area contributed by atoms with Gasteiger partial charge in [0, 0.05) is 36.3 Å². The zero-order valence-electron chi connectivity index (χ0n) is 14.3. The SMILES string of the molecule is CC1=NN(c2ccc(C(=O)NCc3ccccc3OC(F)F)cc2)CC1. The van der Waals surface area contributed by atoms with Crippen LogP contribution >= 0.6 is 0 Å². The Kier molecular flexibility index (Phi) is 5.46. The molecule has 136 valence electrons. The molecular formula is C19H19F2N3O2. The zero-order chi connectivity index (χ0) is 18.5. The van der Waals surface area contributed by atoms with Crippen molar-refractivity contribution in [2.24, 2.45) is 5.10 Å². The third-order valence-electron chi connectivity index (χ3n) is 4.03. The average Bonchev–Trinajstić information content (AvgIpc) is 3.07. The quantitative estimate of drug-likeness (QED) is 0.853. The molecule has 0 spiro atoms. The van der Waals surface area contributed by atoms with Crippen LogP contribution in [0.25, 0.3) is 0 Å². The number of alkyl halides is 2. The number of hydrogen-bond donors (Lipinski definition) is 1. The molecule has 0 bridgehead atoms. The molecule has 2 aromatic rings. The summed E-state index contributed by atoms with van der Waals surface area (Å²) in [7, 11) is 0. The summed E-state index contributed by atoms with van der Waals surface area (Å²) in [6.07, 6.45) is 0.933. The molecule has 7 heteroatoms. The van der Waals surface area contributed by atoms with E-state index in [1.54, 1.807) is 30.3 Å². The maximum Gasteiger partial charge on any atom is 0.387 e. The summed E-state index contributed by atoms with van der Waals surface area (Å²) >= 11 is 0. The highest BCUT2D eigenvalue weighted by molar-refractivity contribution is 5.94. The number of anilines is 1. The number of rotatable bonds is 6. The fourth-order valence-corrected chi connectivity index (χ4v) is 2.68. The van der Waals surface area contributed by atoms with Gasteiger partial charge in [-0.2, -0.15) is 13.9 Å². The molecule has 0 aromatic heterocycles. The van der Waals surface area contributed by atoms with Crippen molar-refractivity contribution in [1.29, 1.82) is 0 Å². The molecule has 0 fully saturated rings. The van der Waals surface area contributed by atoms with Crippen molar-refractivity contribution in [1.82, 2.24) is 5.32 Å². The number of hydrazone groups is 1. The summed E-state index contributed by atoms with van der Waals surface area (Å²) < 4.78 is 29.3. The molecule has 0 unspecified atom stereocenters. The lowest BCUT2D eigenvalue weighted by atomic mass is 10.1. The summed E-state index contributed by atoms with van der Waals surface area (Å²) in [6, 6.07) is 13.5. The standard InChI is InChI=1S/C19H19F2N3O2/c1-13-10-11-24(23-13)16-8-6-14(7-9-16)18(25)22-12-15-4-2-3-5-17(15)26-19(20)21/h2-9,19H,10-12H2,1H3,(H,22,25). The number of para-hydroxylation sites is 1. The van der Waals surface area contributed by atoms with Crippen molar-refractivity contribution in [2.45, 2.75) is 26.5 Å². The van der Waals surface area contributed by atoms with Gasteiger partial charge in [0.05, 0.1) is 5.69 Å². The van der Waals surface area contributed by atoms with E-state index in [-0.39, 0.29) is 18.2 Å². The highest BCUT2D eigenvalue weighted by Gasteiger charge is 2.14. The lowest BCUT2D eigenvalue weighted by Gasteiger charge is -2.14. The molecule has 1 amide bonds. The van der Waals surface area contributed by atoms with Crippen LogP contribution in [0.5, 0.6) is 5.75 Å². The minimum Gasteiger partial charge on any atom is -0.434 e. The summed E-state index contributed by atoms with van der Waals surface area (Å²) in [6.45, 7) is 0.00528. The fraction of sp³-hybridized carbons (Fsp3) is 0.263. The molecule has 0 saturated carbocycles. The lowest BCUT2D eigenvalue weighted by Crippen LogP contribution is -2.23. The Morgan fingerprint density at radius 3 is 2.62 bits per heavy atom. The third-order valence-corrected chi connectivity index (χ3v) is 4.03. The van der Waals surface area contributed by atoms with Gasteiger partial charge in [-0.25, -0.2) is 0 Å². The van der Waals surface area contributed by atoms with Crippen LogP contribution in [0.15, 0.2) is 53.6 Å². The summed E-state index contributed by atoms with van der Waals surface area (Å²) in [5.41, 5.74) is 2.98. The van der Waals surface area contributed by atoms with Crippen LogP contribution in [0.2, 0.25) is 0 Å². The summed E-state index contributed by atoms with van der Waals surface area (Å²) in [5, 5.41) is 9.03. The number of carbonyl (C=O) groups is 1. The number of amides is 1. The molecule has 1 heterocycles. The van der Waals surface area contributed by atoms with E-state index >= 15 is 0 Å². The van der Waals surface area contributed by atoms with Crippen molar-refractivity contribution >= 4 is 17.3 Å². The van der Waals surface area contributed by atoms with Crippen LogP contribution in [0.1, 0.15) is 29.3 Å². The van der Waals surface area contributed by atoms with Gasteiger partial charge in [-0.3, -0.25) is 9.80 Å². The van der Waals surface area contributed by atoms with Crippen molar-refractivity contribution in [3.05, 3.63) is 59.7 Å². The highest BCUT2D eigenvalue weighted by Crippen LogP contribution is 2.21. The fourth-order valence-electron chi connectivity index (χ4n) is 2.68. The first kappa shape index (κ1) is 17.8. The number of halogens is 2. The predicted molar refractivity (Wildman–Crippen MR) is 95.8 cm³/mol. The molecule has 26 heavy (non-hydrogen) atoms. The topological polar surface area (TPSA) is 53.9 Å². The summed E-state index contributed by atoms with van der Waals surface area (Å²) in [5.74, 6) is -0.232. The highest BCUT2D eigenvalue weighted by atomic mass is 19.3. The Balaban J connectivity index is 1.62. The molecule has 2 aromatic carbocycles. The number of nitrogens with zero attached hydrogens (tertiary/aromatic N) is 2. The van der Waals surface area contributed by atoms with Gasteiger partial charge in [-0.15, -0.1) is 0 Å². The Bertz CT molecular complexity index is 807. The molecule has 5 nitrogen and oxygen atoms in total. The third kappa shape index (κ3) is 4.36. The number of ether oxygens (including phenoxy) is 1. The van der Waals surface area contributed by atoms with Crippen LogP contribution in [0.4, 0.5) is 14.5 Å².